The average Bonchev–Trinajstić information content (AvgIpc) is 2.60. The number of nitrogens with one attached hydrogen (secondary N) is 1. The SMILES string of the molecule is CCC(C)NC(=O)C([Se]c1ccccc1[N+](=O)[O-])c1ccccc1. The van der Waals surface area contributed by atoms with Crippen LogP contribution in [0.4, 0.5) is 5.69 Å². The molecule has 2 aromatic rings. The van der Waals surface area contributed by atoms with Gasteiger partial charge < -0.3 is 0 Å². The molecule has 0 heterocycles. The van der Waals surface area contributed by atoms with E-state index in [-0.39, 0.29) is 37.5 Å². The van der Waals surface area contributed by atoms with Crippen molar-refractivity contribution in [3.05, 3.63) is 70.3 Å². The normalized spacial score (nSPS) is 13.1. The van der Waals surface area contributed by atoms with Crippen molar-refractivity contribution in [1.29, 1.82) is 0 Å². The molecule has 2 aromatic carbocycles. The number of carbonyl (C=O) groups is 1. The molecule has 0 saturated heterocycles. The number of nitro groups is 1. The van der Waals surface area contributed by atoms with E-state index in [2.05, 4.69) is 5.32 Å². The third-order valence-electron chi connectivity index (χ3n) is 3.65. The summed E-state index contributed by atoms with van der Waals surface area (Å²) in [5.41, 5.74) is 0.964. The van der Waals surface area contributed by atoms with Crippen LogP contribution < -0.4 is 9.78 Å². The van der Waals surface area contributed by atoms with Crippen molar-refractivity contribution in [3.8, 4) is 0 Å². The summed E-state index contributed by atoms with van der Waals surface area (Å²) in [5.74, 6) is -0.0753. The Hall–Kier alpha value is -2.17. The summed E-state index contributed by atoms with van der Waals surface area (Å²) in [6.45, 7) is 3.97. The van der Waals surface area contributed by atoms with Gasteiger partial charge in [-0.1, -0.05) is 0 Å². The first-order valence-corrected chi connectivity index (χ1v) is 9.63. The van der Waals surface area contributed by atoms with E-state index in [1.807, 2.05) is 44.2 Å². The second kappa shape index (κ2) is 8.62. The van der Waals surface area contributed by atoms with E-state index in [1.165, 1.54) is 6.07 Å². The van der Waals surface area contributed by atoms with Gasteiger partial charge in [-0.3, -0.25) is 0 Å². The van der Waals surface area contributed by atoms with E-state index >= 15 is 0 Å². The van der Waals surface area contributed by atoms with Gasteiger partial charge in [0.05, 0.1) is 0 Å². The zero-order chi connectivity index (χ0) is 17.5. The minimum absolute atomic E-state index is 0.0743. The van der Waals surface area contributed by atoms with Gasteiger partial charge in [0.15, 0.2) is 0 Å². The molecule has 0 aliphatic rings. The molecule has 0 fully saturated rings. The van der Waals surface area contributed by atoms with E-state index in [0.29, 0.717) is 4.46 Å². The average molecular weight is 391 g/mol. The van der Waals surface area contributed by atoms with Crippen LogP contribution in [-0.4, -0.2) is 31.8 Å². The van der Waals surface area contributed by atoms with Gasteiger partial charge in [0.1, 0.15) is 0 Å². The number of para-hydroxylation sites is 1. The van der Waals surface area contributed by atoms with Gasteiger partial charge in [-0.15, -0.1) is 0 Å². The molecular formula is C18H20N2O3Se. The molecule has 2 rings (SSSR count). The molecule has 5 nitrogen and oxygen atoms in total. The molecular weight excluding hydrogens is 371 g/mol. The van der Waals surface area contributed by atoms with Gasteiger partial charge in [-0.2, -0.15) is 0 Å². The van der Waals surface area contributed by atoms with Crippen molar-refractivity contribution in [2.45, 2.75) is 31.1 Å². The Balaban J connectivity index is 2.34. The number of carbonyl (C=O) groups excluding carboxylic acids is 1. The molecule has 1 N–H and O–H groups in total. The molecule has 0 spiro atoms. The monoisotopic (exact) mass is 392 g/mol. The van der Waals surface area contributed by atoms with Crippen molar-refractivity contribution in [2.75, 3.05) is 0 Å². The van der Waals surface area contributed by atoms with E-state index in [9.17, 15) is 14.9 Å². The standard InChI is InChI=1S/C18H20N2O3Se/c1-3-13(2)19-18(21)17(14-9-5-4-6-10-14)24-16-12-8-7-11-15(16)20(22)23/h4-13,17H,3H2,1-2H3,(H,19,21). The van der Waals surface area contributed by atoms with Crippen LogP contribution in [0.25, 0.3) is 0 Å². The van der Waals surface area contributed by atoms with Gasteiger partial charge in [-0.25, -0.2) is 0 Å². The van der Waals surface area contributed by atoms with Crippen molar-refractivity contribution in [3.63, 3.8) is 0 Å². The number of amides is 1. The molecule has 126 valence electrons. The van der Waals surface area contributed by atoms with E-state index in [4.69, 9.17) is 0 Å². The second-order valence-corrected chi connectivity index (χ2v) is 7.86. The Bertz CT molecular complexity index is 706. The molecule has 0 aromatic heterocycles. The van der Waals surface area contributed by atoms with Crippen LogP contribution in [-0.2, 0) is 4.79 Å². The first-order valence-electron chi connectivity index (χ1n) is 7.78. The van der Waals surface area contributed by atoms with Crippen molar-refractivity contribution < 1.29 is 9.72 Å². The Morgan fingerprint density at radius 2 is 1.79 bits per heavy atom. The zero-order valence-corrected chi connectivity index (χ0v) is 15.4. The van der Waals surface area contributed by atoms with Crippen LogP contribution in [0.5, 0.6) is 0 Å². The molecule has 0 radical (unpaired) electrons. The molecule has 2 atom stereocenters. The molecule has 0 saturated carbocycles. The number of benzene rings is 2. The summed E-state index contributed by atoms with van der Waals surface area (Å²) >= 11 is -0.386. The summed E-state index contributed by atoms with van der Waals surface area (Å²) in [6.07, 6.45) is 0.839. The summed E-state index contributed by atoms with van der Waals surface area (Å²) in [4.78, 5) is 23.2. The van der Waals surface area contributed by atoms with Crippen LogP contribution in [0.3, 0.4) is 0 Å². The molecule has 6 heteroatoms. The molecule has 24 heavy (non-hydrogen) atoms. The van der Waals surface area contributed by atoms with Crippen LogP contribution in [0.15, 0.2) is 54.6 Å². The first kappa shape index (κ1) is 18.2. The fourth-order valence-electron chi connectivity index (χ4n) is 2.16. The van der Waals surface area contributed by atoms with Crippen molar-refractivity contribution >= 4 is 31.0 Å². The maximum atomic E-state index is 12.7. The second-order valence-electron chi connectivity index (χ2n) is 5.45. The first-order chi connectivity index (χ1) is 11.5. The van der Waals surface area contributed by atoms with Gasteiger partial charge in [-0.05, 0) is 0 Å². The number of rotatable bonds is 7. The third-order valence-corrected chi connectivity index (χ3v) is 6.42. The summed E-state index contributed by atoms with van der Waals surface area (Å²) in [5, 5.41) is 14.3. The third kappa shape index (κ3) is 4.66. The van der Waals surface area contributed by atoms with Gasteiger partial charge in [0.25, 0.3) is 0 Å². The zero-order valence-electron chi connectivity index (χ0n) is 13.6. The topological polar surface area (TPSA) is 72.2 Å². The van der Waals surface area contributed by atoms with Crippen molar-refractivity contribution in [2.24, 2.45) is 0 Å². The predicted molar refractivity (Wildman–Crippen MR) is 95.6 cm³/mol. The van der Waals surface area contributed by atoms with E-state index in [1.54, 1.807) is 18.2 Å². The Labute approximate surface area is 147 Å². The predicted octanol–water partition coefficient (Wildman–Crippen LogP) is 2.58. The summed E-state index contributed by atoms with van der Waals surface area (Å²) in [6, 6.07) is 16.2. The Kier molecular flexibility index (Phi) is 6.52. The molecule has 0 aliphatic carbocycles. The van der Waals surface area contributed by atoms with E-state index in [0.717, 1.165) is 12.0 Å². The van der Waals surface area contributed by atoms with Crippen LogP contribution in [0, 0.1) is 10.1 Å². The quantitative estimate of drug-likeness (QED) is 0.448. The van der Waals surface area contributed by atoms with Crippen LogP contribution >= 0.6 is 0 Å². The Morgan fingerprint density at radius 1 is 1.17 bits per heavy atom. The fraction of sp³-hybridized carbons (Fsp3) is 0.278. The molecule has 1 amide bonds. The van der Waals surface area contributed by atoms with Crippen LogP contribution in [0.1, 0.15) is 30.6 Å². The van der Waals surface area contributed by atoms with Gasteiger partial charge in [0, 0.05) is 0 Å². The summed E-state index contributed by atoms with van der Waals surface area (Å²) < 4.78 is 0.628. The number of hydrogen-bond donors (Lipinski definition) is 1. The van der Waals surface area contributed by atoms with E-state index < -0.39 is 4.82 Å². The number of nitrogens with zero attached hydrogens (tertiary/aromatic N) is 1. The minimum atomic E-state index is -0.395. The number of hydrogen-bond acceptors (Lipinski definition) is 3. The van der Waals surface area contributed by atoms with Gasteiger partial charge >= 0.3 is 147 Å². The molecule has 2 unspecified atom stereocenters. The summed E-state index contributed by atoms with van der Waals surface area (Å²) in [7, 11) is 0. The molecule has 0 aliphatic heterocycles. The molecule has 0 bridgehead atoms. The maximum absolute atomic E-state index is 12.7. The van der Waals surface area contributed by atoms with Crippen LogP contribution in [0.2, 0.25) is 0 Å². The number of nitro benzene ring substituents is 1. The van der Waals surface area contributed by atoms with Gasteiger partial charge in [0.2, 0.25) is 0 Å². The van der Waals surface area contributed by atoms with Crippen molar-refractivity contribution in [1.82, 2.24) is 5.32 Å². The Morgan fingerprint density at radius 3 is 2.42 bits per heavy atom. The fourth-order valence-corrected chi connectivity index (χ4v) is 4.55.